The van der Waals surface area contributed by atoms with E-state index in [1.807, 2.05) is 0 Å². The molecule has 2 nitrogen and oxygen atoms in total. The summed E-state index contributed by atoms with van der Waals surface area (Å²) in [4.78, 5) is 0. The van der Waals surface area contributed by atoms with Crippen LogP contribution in [0, 0.1) is 5.41 Å². The van der Waals surface area contributed by atoms with Gasteiger partial charge in [0.15, 0.2) is 0 Å². The van der Waals surface area contributed by atoms with E-state index in [1.54, 1.807) is 0 Å². The Labute approximate surface area is 124 Å². The summed E-state index contributed by atoms with van der Waals surface area (Å²) in [5, 5.41) is 11.8. The topological polar surface area (TPSA) is 35.9 Å². The van der Waals surface area contributed by atoms with Gasteiger partial charge in [0, 0.05) is 0 Å². The van der Waals surface area contributed by atoms with Crippen LogP contribution in [0.5, 0.6) is 0 Å². The van der Waals surface area contributed by atoms with Crippen molar-refractivity contribution in [1.82, 2.24) is 5.32 Å². The van der Waals surface area contributed by atoms with Crippen molar-refractivity contribution in [2.45, 2.75) is 64.8 Å². The molecule has 0 saturated heterocycles. The van der Waals surface area contributed by atoms with Gasteiger partial charge in [0.05, 0.1) is 11.8 Å². The van der Waals surface area contributed by atoms with Crippen LogP contribution in [0.4, 0.5) is 0 Å². The minimum absolute atomic E-state index is 0.179. The van der Waals surface area contributed by atoms with Crippen LogP contribution in [0.15, 0.2) is 36.0 Å². The maximum absolute atomic E-state index is 8.33. The lowest BCUT2D eigenvalue weighted by Gasteiger charge is -2.26. The van der Waals surface area contributed by atoms with Gasteiger partial charge in [-0.05, 0) is 57.6 Å². The molecule has 0 aromatic carbocycles. The van der Waals surface area contributed by atoms with E-state index in [2.05, 4.69) is 38.4 Å². The highest BCUT2D eigenvalue weighted by molar-refractivity contribution is 6.03. The molecule has 2 heteroatoms. The second kappa shape index (κ2) is 8.91. The highest BCUT2D eigenvalue weighted by atomic mass is 14.9. The summed E-state index contributed by atoms with van der Waals surface area (Å²) in [6.07, 6.45) is 9.86. The van der Waals surface area contributed by atoms with Crippen molar-refractivity contribution in [3.63, 3.8) is 0 Å². The van der Waals surface area contributed by atoms with Crippen molar-refractivity contribution in [3.8, 4) is 0 Å². The van der Waals surface area contributed by atoms with E-state index in [0.717, 1.165) is 49.9 Å². The molecule has 1 aliphatic carbocycles. The molecule has 1 aliphatic rings. The maximum atomic E-state index is 8.33. The number of hydrogen-bond acceptors (Lipinski definition) is 2. The van der Waals surface area contributed by atoms with Crippen LogP contribution in [0.2, 0.25) is 0 Å². The zero-order chi connectivity index (χ0) is 15.0. The summed E-state index contributed by atoms with van der Waals surface area (Å²) >= 11 is 0. The molecule has 0 heterocycles. The van der Waals surface area contributed by atoms with E-state index in [1.165, 1.54) is 24.0 Å². The molecule has 0 amide bonds. The van der Waals surface area contributed by atoms with Gasteiger partial charge in [-0.3, -0.25) is 0 Å². The first kappa shape index (κ1) is 16.9. The molecule has 1 rings (SSSR count). The lowest BCUT2D eigenvalue weighted by atomic mass is 9.87. The standard InChI is InChI=1S/C18H30N2/c1-5-11-20-17-13-15(4)12-16(18(17)19)10-8-6-7-9-14(2)3/h12,17,19-20H,2,4-11,13H2,1,3H3. The first-order valence-corrected chi connectivity index (χ1v) is 7.89. The van der Waals surface area contributed by atoms with E-state index in [9.17, 15) is 0 Å². The highest BCUT2D eigenvalue weighted by Crippen LogP contribution is 2.23. The Hall–Kier alpha value is -1.15. The Morgan fingerprint density at radius 3 is 2.80 bits per heavy atom. The molecular formula is C18H30N2. The molecule has 112 valence electrons. The molecule has 0 aromatic rings. The molecule has 0 saturated carbocycles. The minimum atomic E-state index is 0.179. The van der Waals surface area contributed by atoms with Gasteiger partial charge in [0.25, 0.3) is 0 Å². The molecular weight excluding hydrogens is 244 g/mol. The third kappa shape index (κ3) is 5.87. The zero-order valence-electron chi connectivity index (χ0n) is 13.2. The molecule has 2 N–H and O–H groups in total. The average molecular weight is 274 g/mol. The van der Waals surface area contributed by atoms with Crippen LogP contribution < -0.4 is 5.32 Å². The van der Waals surface area contributed by atoms with Crippen LogP contribution in [0.25, 0.3) is 0 Å². The molecule has 1 unspecified atom stereocenters. The van der Waals surface area contributed by atoms with Crippen molar-refractivity contribution in [3.05, 3.63) is 36.0 Å². The smallest absolute Gasteiger partial charge is 0.0531 e. The third-order valence-corrected chi connectivity index (χ3v) is 3.73. The summed E-state index contributed by atoms with van der Waals surface area (Å²) in [5.41, 5.74) is 4.40. The van der Waals surface area contributed by atoms with Crippen LogP contribution in [0.1, 0.15) is 58.8 Å². The van der Waals surface area contributed by atoms with Gasteiger partial charge in [-0.1, -0.05) is 37.1 Å². The van der Waals surface area contributed by atoms with Crippen LogP contribution in [0.3, 0.4) is 0 Å². The Morgan fingerprint density at radius 1 is 1.40 bits per heavy atom. The third-order valence-electron chi connectivity index (χ3n) is 3.73. The number of hydrogen-bond donors (Lipinski definition) is 2. The largest absolute Gasteiger partial charge is 0.308 e. The fourth-order valence-corrected chi connectivity index (χ4v) is 2.59. The predicted molar refractivity (Wildman–Crippen MR) is 89.5 cm³/mol. The van der Waals surface area contributed by atoms with Crippen LogP contribution in [-0.4, -0.2) is 18.3 Å². The zero-order valence-corrected chi connectivity index (χ0v) is 13.2. The lowest BCUT2D eigenvalue weighted by Crippen LogP contribution is -2.39. The van der Waals surface area contributed by atoms with Crippen LogP contribution in [-0.2, 0) is 0 Å². The summed E-state index contributed by atoms with van der Waals surface area (Å²) in [6.45, 7) is 13.3. The van der Waals surface area contributed by atoms with Crippen molar-refractivity contribution in [1.29, 1.82) is 5.41 Å². The van der Waals surface area contributed by atoms with E-state index in [4.69, 9.17) is 5.41 Å². The van der Waals surface area contributed by atoms with E-state index < -0.39 is 0 Å². The molecule has 0 fully saturated rings. The normalized spacial score (nSPS) is 19.1. The number of nitrogens with one attached hydrogen (secondary N) is 2. The second-order valence-electron chi connectivity index (χ2n) is 5.97. The summed E-state index contributed by atoms with van der Waals surface area (Å²) < 4.78 is 0. The van der Waals surface area contributed by atoms with Crippen molar-refractivity contribution >= 4 is 5.71 Å². The van der Waals surface area contributed by atoms with E-state index in [-0.39, 0.29) is 6.04 Å². The summed E-state index contributed by atoms with van der Waals surface area (Å²) in [7, 11) is 0. The van der Waals surface area contributed by atoms with E-state index in [0.29, 0.717) is 0 Å². The summed E-state index contributed by atoms with van der Waals surface area (Å²) in [6, 6.07) is 0.179. The Morgan fingerprint density at radius 2 is 2.15 bits per heavy atom. The SMILES string of the molecule is C=C(C)CCCCCC1=CC(=C)CC(NCCC)C1=N. The van der Waals surface area contributed by atoms with Gasteiger partial charge in [-0.25, -0.2) is 0 Å². The molecule has 0 aromatic heterocycles. The first-order chi connectivity index (χ1) is 9.54. The first-order valence-electron chi connectivity index (χ1n) is 7.89. The Bertz CT molecular complexity index is 390. The van der Waals surface area contributed by atoms with Gasteiger partial charge < -0.3 is 10.7 Å². The molecule has 20 heavy (non-hydrogen) atoms. The van der Waals surface area contributed by atoms with Gasteiger partial charge in [0.1, 0.15) is 0 Å². The molecule has 0 aliphatic heterocycles. The summed E-state index contributed by atoms with van der Waals surface area (Å²) in [5.74, 6) is 0. The van der Waals surface area contributed by atoms with Gasteiger partial charge >= 0.3 is 0 Å². The number of rotatable bonds is 9. The van der Waals surface area contributed by atoms with E-state index >= 15 is 0 Å². The highest BCUT2D eigenvalue weighted by Gasteiger charge is 2.22. The van der Waals surface area contributed by atoms with Crippen LogP contribution >= 0.6 is 0 Å². The lowest BCUT2D eigenvalue weighted by molar-refractivity contribution is 0.597. The molecule has 0 bridgehead atoms. The van der Waals surface area contributed by atoms with Gasteiger partial charge in [0.2, 0.25) is 0 Å². The fourth-order valence-electron chi connectivity index (χ4n) is 2.59. The second-order valence-corrected chi connectivity index (χ2v) is 5.97. The molecule has 1 atom stereocenters. The number of unbranched alkanes of at least 4 members (excludes halogenated alkanes) is 2. The van der Waals surface area contributed by atoms with Crippen molar-refractivity contribution in [2.24, 2.45) is 0 Å². The monoisotopic (exact) mass is 274 g/mol. The molecule has 0 radical (unpaired) electrons. The quantitative estimate of drug-likeness (QED) is 0.460. The Kier molecular flexibility index (Phi) is 7.53. The molecule has 0 spiro atoms. The fraction of sp³-hybridized carbons (Fsp3) is 0.611. The minimum Gasteiger partial charge on any atom is -0.308 e. The predicted octanol–water partition coefficient (Wildman–Crippen LogP) is 4.79. The van der Waals surface area contributed by atoms with Crippen molar-refractivity contribution < 1.29 is 0 Å². The number of allylic oxidation sites excluding steroid dienone is 2. The average Bonchev–Trinajstić information content (AvgIpc) is 2.39. The van der Waals surface area contributed by atoms with Gasteiger partial charge in [-0.15, -0.1) is 6.58 Å². The Balaban J connectivity index is 2.41. The van der Waals surface area contributed by atoms with Crippen molar-refractivity contribution in [2.75, 3.05) is 6.54 Å². The van der Waals surface area contributed by atoms with Gasteiger partial charge in [-0.2, -0.15) is 0 Å². The maximum Gasteiger partial charge on any atom is 0.0531 e.